The zero-order valence-corrected chi connectivity index (χ0v) is 11.4. The molecule has 6 nitrogen and oxygen atoms in total. The maximum Gasteiger partial charge on any atom is 0.245 e. The van der Waals surface area contributed by atoms with Gasteiger partial charge in [0.15, 0.2) is 0 Å². The maximum absolute atomic E-state index is 12.4. The Hall–Kier alpha value is -1.14. The van der Waals surface area contributed by atoms with Crippen LogP contribution in [0.1, 0.15) is 26.2 Å². The minimum Gasteiger partial charge on any atom is -0.376 e. The molecule has 2 unspecified atom stereocenters. The second-order valence-corrected chi connectivity index (χ2v) is 5.01. The quantitative estimate of drug-likeness (QED) is 0.776. The van der Waals surface area contributed by atoms with Crippen LogP contribution in [0.15, 0.2) is 0 Å². The Balaban J connectivity index is 1.96. The van der Waals surface area contributed by atoms with Crippen molar-refractivity contribution in [2.75, 3.05) is 32.9 Å². The third-order valence-corrected chi connectivity index (χ3v) is 3.44. The predicted molar refractivity (Wildman–Crippen MR) is 68.6 cm³/mol. The molecule has 0 bridgehead atoms. The van der Waals surface area contributed by atoms with Gasteiger partial charge in [0.25, 0.3) is 0 Å². The van der Waals surface area contributed by atoms with E-state index in [1.54, 1.807) is 4.90 Å². The fraction of sp³-hybridized carbons (Fsp3) is 0.846. The molecular formula is C13H22N2O4. The highest BCUT2D eigenvalue weighted by Crippen LogP contribution is 2.11. The number of ether oxygens (including phenoxy) is 2. The molecule has 2 rings (SSSR count). The standard InChI is InChI=1S/C13H22N2O4/c1-2-3-11-13(17)15(5-4-12(16)14-11)8-10-9-18-6-7-19-10/h10-11H,2-9H2,1H3,(H,14,16). The number of carbonyl (C=O) groups excluding carboxylic acids is 2. The predicted octanol–water partition coefficient (Wildman–Crippen LogP) is -0.0810. The van der Waals surface area contributed by atoms with Crippen LogP contribution >= 0.6 is 0 Å². The topological polar surface area (TPSA) is 67.9 Å². The number of rotatable bonds is 4. The molecule has 0 aromatic heterocycles. The molecule has 2 aliphatic rings. The fourth-order valence-electron chi connectivity index (χ4n) is 2.45. The highest BCUT2D eigenvalue weighted by Gasteiger charge is 2.31. The van der Waals surface area contributed by atoms with Crippen LogP contribution in [0, 0.1) is 0 Å². The first-order valence-electron chi connectivity index (χ1n) is 6.98. The van der Waals surface area contributed by atoms with Crippen LogP contribution in [0.3, 0.4) is 0 Å². The highest BCUT2D eigenvalue weighted by atomic mass is 16.6. The number of nitrogens with zero attached hydrogens (tertiary/aromatic N) is 1. The van der Waals surface area contributed by atoms with E-state index in [-0.39, 0.29) is 24.0 Å². The van der Waals surface area contributed by atoms with Gasteiger partial charge in [-0.1, -0.05) is 13.3 Å². The van der Waals surface area contributed by atoms with Crippen LogP contribution in [0.2, 0.25) is 0 Å². The molecule has 2 atom stereocenters. The van der Waals surface area contributed by atoms with Gasteiger partial charge in [0.2, 0.25) is 11.8 Å². The summed E-state index contributed by atoms with van der Waals surface area (Å²) in [6.07, 6.45) is 1.84. The van der Waals surface area contributed by atoms with E-state index < -0.39 is 0 Å². The monoisotopic (exact) mass is 270 g/mol. The first-order valence-corrected chi connectivity index (χ1v) is 6.98. The Labute approximate surface area is 113 Å². The first-order chi connectivity index (χ1) is 9.20. The summed E-state index contributed by atoms with van der Waals surface area (Å²) in [7, 11) is 0. The summed E-state index contributed by atoms with van der Waals surface area (Å²) < 4.78 is 10.9. The number of hydrogen-bond donors (Lipinski definition) is 1. The summed E-state index contributed by atoms with van der Waals surface area (Å²) in [5, 5.41) is 2.79. The van der Waals surface area contributed by atoms with E-state index in [2.05, 4.69) is 5.32 Å². The lowest BCUT2D eigenvalue weighted by atomic mass is 10.1. The van der Waals surface area contributed by atoms with Crippen LogP contribution in [0.4, 0.5) is 0 Å². The average molecular weight is 270 g/mol. The van der Waals surface area contributed by atoms with Crippen molar-refractivity contribution in [3.63, 3.8) is 0 Å². The highest BCUT2D eigenvalue weighted by molar-refractivity contribution is 5.89. The summed E-state index contributed by atoms with van der Waals surface area (Å²) in [5.74, 6) is -0.0445. The van der Waals surface area contributed by atoms with Gasteiger partial charge in [-0.3, -0.25) is 9.59 Å². The molecule has 0 aromatic carbocycles. The molecule has 2 saturated heterocycles. The Bertz CT molecular complexity index is 329. The minimum atomic E-state index is -0.385. The molecule has 2 fully saturated rings. The minimum absolute atomic E-state index is 0.00173. The van der Waals surface area contributed by atoms with Crippen molar-refractivity contribution in [2.24, 2.45) is 0 Å². The zero-order chi connectivity index (χ0) is 13.7. The van der Waals surface area contributed by atoms with Gasteiger partial charge in [0.1, 0.15) is 6.04 Å². The lowest BCUT2D eigenvalue weighted by Crippen LogP contribution is -2.48. The number of nitrogens with one attached hydrogen (secondary N) is 1. The summed E-state index contributed by atoms with van der Waals surface area (Å²) >= 11 is 0. The molecule has 0 aromatic rings. The van der Waals surface area contributed by atoms with E-state index in [0.29, 0.717) is 45.8 Å². The number of hydrogen-bond acceptors (Lipinski definition) is 4. The van der Waals surface area contributed by atoms with Gasteiger partial charge in [0, 0.05) is 19.5 Å². The molecule has 0 radical (unpaired) electrons. The Kier molecular flexibility index (Phi) is 5.15. The maximum atomic E-state index is 12.4. The second kappa shape index (κ2) is 6.86. The van der Waals surface area contributed by atoms with E-state index >= 15 is 0 Å². The molecule has 2 heterocycles. The van der Waals surface area contributed by atoms with E-state index in [1.807, 2.05) is 6.92 Å². The van der Waals surface area contributed by atoms with Gasteiger partial charge in [-0.15, -0.1) is 0 Å². The van der Waals surface area contributed by atoms with E-state index in [4.69, 9.17) is 9.47 Å². The van der Waals surface area contributed by atoms with Crippen molar-refractivity contribution in [1.29, 1.82) is 0 Å². The summed E-state index contributed by atoms with van der Waals surface area (Å²) in [6, 6.07) is -0.385. The number of carbonyl (C=O) groups is 2. The fourth-order valence-corrected chi connectivity index (χ4v) is 2.45. The molecule has 2 amide bonds. The SMILES string of the molecule is CCCC1NC(=O)CCN(CC2COCCO2)C1=O. The molecule has 0 saturated carbocycles. The van der Waals surface area contributed by atoms with Crippen LogP contribution in [-0.4, -0.2) is 61.8 Å². The van der Waals surface area contributed by atoms with Gasteiger partial charge < -0.3 is 19.7 Å². The Morgan fingerprint density at radius 3 is 2.89 bits per heavy atom. The van der Waals surface area contributed by atoms with E-state index in [1.165, 1.54) is 0 Å². The smallest absolute Gasteiger partial charge is 0.245 e. The van der Waals surface area contributed by atoms with Crippen molar-refractivity contribution in [1.82, 2.24) is 10.2 Å². The first kappa shape index (κ1) is 14.3. The van der Waals surface area contributed by atoms with Crippen molar-refractivity contribution in [3.05, 3.63) is 0 Å². The van der Waals surface area contributed by atoms with Gasteiger partial charge in [-0.2, -0.15) is 0 Å². The van der Waals surface area contributed by atoms with Crippen LogP contribution in [0.25, 0.3) is 0 Å². The summed E-state index contributed by atoms with van der Waals surface area (Å²) in [5.41, 5.74) is 0. The van der Waals surface area contributed by atoms with Crippen molar-refractivity contribution < 1.29 is 19.1 Å². The van der Waals surface area contributed by atoms with Gasteiger partial charge in [-0.05, 0) is 6.42 Å². The molecule has 0 aliphatic carbocycles. The third-order valence-electron chi connectivity index (χ3n) is 3.44. The number of amides is 2. The van der Waals surface area contributed by atoms with Crippen molar-refractivity contribution >= 4 is 11.8 Å². The second-order valence-electron chi connectivity index (χ2n) is 5.01. The van der Waals surface area contributed by atoms with Crippen molar-refractivity contribution in [2.45, 2.75) is 38.3 Å². The van der Waals surface area contributed by atoms with Crippen LogP contribution in [-0.2, 0) is 19.1 Å². The Morgan fingerprint density at radius 1 is 1.37 bits per heavy atom. The molecular weight excluding hydrogens is 248 g/mol. The summed E-state index contributed by atoms with van der Waals surface area (Å²) in [6.45, 7) is 4.68. The largest absolute Gasteiger partial charge is 0.376 e. The average Bonchev–Trinajstić information content (AvgIpc) is 2.54. The molecule has 0 spiro atoms. The van der Waals surface area contributed by atoms with Gasteiger partial charge >= 0.3 is 0 Å². The van der Waals surface area contributed by atoms with Crippen LogP contribution < -0.4 is 5.32 Å². The van der Waals surface area contributed by atoms with Gasteiger partial charge in [0.05, 0.1) is 25.9 Å². The lowest BCUT2D eigenvalue weighted by Gasteiger charge is -2.30. The Morgan fingerprint density at radius 2 is 2.21 bits per heavy atom. The molecule has 2 aliphatic heterocycles. The summed E-state index contributed by atoms with van der Waals surface area (Å²) in [4.78, 5) is 25.7. The molecule has 1 N–H and O–H groups in total. The third kappa shape index (κ3) is 3.91. The molecule has 19 heavy (non-hydrogen) atoms. The normalized spacial score (nSPS) is 29.0. The zero-order valence-electron chi connectivity index (χ0n) is 11.4. The van der Waals surface area contributed by atoms with E-state index in [0.717, 1.165) is 6.42 Å². The van der Waals surface area contributed by atoms with Crippen molar-refractivity contribution in [3.8, 4) is 0 Å². The van der Waals surface area contributed by atoms with Gasteiger partial charge in [-0.25, -0.2) is 0 Å². The molecule has 6 heteroatoms. The lowest BCUT2D eigenvalue weighted by molar-refractivity contribution is -0.139. The van der Waals surface area contributed by atoms with E-state index in [9.17, 15) is 9.59 Å². The molecule has 108 valence electrons. The van der Waals surface area contributed by atoms with Crippen LogP contribution in [0.5, 0.6) is 0 Å².